The molecule has 0 aromatic carbocycles. The molecule has 54 heavy (non-hydrogen) atoms. The zero-order valence-electron chi connectivity index (χ0n) is 33.4. The van der Waals surface area contributed by atoms with Gasteiger partial charge < -0.3 is 29.3 Å². The number of unbranched alkanes of at least 4 members (excludes halogenated alkanes) is 12. The van der Waals surface area contributed by atoms with Crippen LogP contribution in [-0.2, 0) is 37.4 Å². The topological polar surface area (TPSA) is 161 Å². The van der Waals surface area contributed by atoms with Crippen LogP contribution >= 0.6 is 7.82 Å². The number of allylic oxidation sites excluding steroid dienone is 7. The molecular weight excluding hydrogens is 711 g/mol. The minimum absolute atomic E-state index is 0.0876. The third kappa shape index (κ3) is 31.1. The zero-order valence-corrected chi connectivity index (χ0v) is 34.3. The summed E-state index contributed by atoms with van der Waals surface area (Å²) in [4.78, 5) is 35.0. The second-order valence-electron chi connectivity index (χ2n) is 14.0. The zero-order chi connectivity index (χ0) is 39.5. The number of hydrogen-bond acceptors (Lipinski definition) is 10. The van der Waals surface area contributed by atoms with Gasteiger partial charge in [0.05, 0.1) is 32.0 Å². The molecular formula is C42H73O11P. The third-order valence-electron chi connectivity index (χ3n) is 8.88. The number of carbonyl (C=O) groups is 2. The maximum Gasteiger partial charge on any atom is 0.472 e. The number of rotatable bonds is 37. The molecule has 0 spiro atoms. The Bertz CT molecular complexity index is 1110. The van der Waals surface area contributed by atoms with E-state index < -0.39 is 51.8 Å². The van der Waals surface area contributed by atoms with E-state index in [0.717, 1.165) is 64.2 Å². The van der Waals surface area contributed by atoms with E-state index in [4.69, 9.17) is 23.8 Å². The largest absolute Gasteiger partial charge is 0.472 e. The summed E-state index contributed by atoms with van der Waals surface area (Å²) in [5.41, 5.74) is 0. The second-order valence-corrected chi connectivity index (χ2v) is 15.5. The number of phosphoric acid groups is 1. The van der Waals surface area contributed by atoms with E-state index in [1.165, 1.54) is 44.9 Å². The van der Waals surface area contributed by atoms with Gasteiger partial charge >= 0.3 is 19.8 Å². The molecule has 0 aromatic rings. The van der Waals surface area contributed by atoms with Gasteiger partial charge in [-0.05, 0) is 77.0 Å². The summed E-state index contributed by atoms with van der Waals surface area (Å²) in [6, 6.07) is 0. The summed E-state index contributed by atoms with van der Waals surface area (Å²) in [5.74, 6) is -1.01. The van der Waals surface area contributed by atoms with Crippen molar-refractivity contribution in [2.24, 2.45) is 0 Å². The molecule has 312 valence electrons. The average Bonchev–Trinajstić information content (AvgIpc) is 3.91. The summed E-state index contributed by atoms with van der Waals surface area (Å²) in [7, 11) is -4.64. The number of aliphatic hydroxyl groups is 2. The highest BCUT2D eigenvalue weighted by Crippen LogP contribution is 2.43. The maximum absolute atomic E-state index is 12.7. The van der Waals surface area contributed by atoms with Gasteiger partial charge in [0.1, 0.15) is 12.7 Å². The Morgan fingerprint density at radius 1 is 0.667 bits per heavy atom. The second kappa shape index (κ2) is 34.2. The monoisotopic (exact) mass is 784 g/mol. The van der Waals surface area contributed by atoms with Gasteiger partial charge in [-0.15, -0.1) is 0 Å². The van der Waals surface area contributed by atoms with E-state index in [2.05, 4.69) is 67.0 Å². The van der Waals surface area contributed by atoms with Gasteiger partial charge in [0, 0.05) is 12.8 Å². The third-order valence-corrected chi connectivity index (χ3v) is 9.83. The molecule has 1 heterocycles. The van der Waals surface area contributed by atoms with Gasteiger partial charge in [-0.25, -0.2) is 4.57 Å². The number of hydrogen-bond donors (Lipinski definition) is 3. The van der Waals surface area contributed by atoms with Crippen LogP contribution in [0, 0.1) is 0 Å². The molecule has 3 N–H and O–H groups in total. The van der Waals surface area contributed by atoms with Crippen molar-refractivity contribution in [2.45, 2.75) is 180 Å². The van der Waals surface area contributed by atoms with Crippen molar-refractivity contribution < 1.29 is 52.5 Å². The first-order valence-electron chi connectivity index (χ1n) is 20.7. The van der Waals surface area contributed by atoms with Crippen LogP contribution in [0.4, 0.5) is 0 Å². The molecule has 1 fully saturated rings. The Kier molecular flexibility index (Phi) is 31.6. The molecule has 1 aliphatic heterocycles. The van der Waals surface area contributed by atoms with Crippen LogP contribution in [0.2, 0.25) is 0 Å². The minimum Gasteiger partial charge on any atom is -0.462 e. The Balaban J connectivity index is 2.34. The van der Waals surface area contributed by atoms with Crippen molar-refractivity contribution in [3.05, 3.63) is 48.6 Å². The molecule has 0 amide bonds. The van der Waals surface area contributed by atoms with E-state index in [-0.39, 0.29) is 31.7 Å². The molecule has 1 aliphatic rings. The maximum atomic E-state index is 12.7. The van der Waals surface area contributed by atoms with Crippen LogP contribution < -0.4 is 0 Å². The quantitative estimate of drug-likeness (QED) is 0.0181. The van der Waals surface area contributed by atoms with Crippen LogP contribution in [0.5, 0.6) is 0 Å². The molecule has 12 heteroatoms. The number of epoxide rings is 1. The number of esters is 2. The lowest BCUT2D eigenvalue weighted by Crippen LogP contribution is -2.30. The fourth-order valence-corrected chi connectivity index (χ4v) is 6.33. The molecule has 0 bridgehead atoms. The number of carbonyl (C=O) groups excluding carboxylic acids is 2. The van der Waals surface area contributed by atoms with Gasteiger partial charge in [-0.3, -0.25) is 18.6 Å². The highest BCUT2D eigenvalue weighted by atomic mass is 31.2. The molecule has 0 saturated carbocycles. The van der Waals surface area contributed by atoms with E-state index >= 15 is 0 Å². The van der Waals surface area contributed by atoms with Crippen molar-refractivity contribution in [2.75, 3.05) is 26.4 Å². The highest BCUT2D eigenvalue weighted by molar-refractivity contribution is 7.47. The first kappa shape index (κ1) is 49.9. The van der Waals surface area contributed by atoms with E-state index in [1.807, 2.05) is 0 Å². The van der Waals surface area contributed by atoms with Crippen molar-refractivity contribution in [1.29, 1.82) is 0 Å². The van der Waals surface area contributed by atoms with Crippen LogP contribution in [0.1, 0.15) is 155 Å². The van der Waals surface area contributed by atoms with E-state index in [9.17, 15) is 24.2 Å². The first-order valence-corrected chi connectivity index (χ1v) is 22.2. The lowest BCUT2D eigenvalue weighted by Gasteiger charge is -2.20. The van der Waals surface area contributed by atoms with Crippen LogP contribution in [0.3, 0.4) is 0 Å². The molecule has 0 aromatic heterocycles. The molecule has 1 rings (SSSR count). The normalized spacial score (nSPS) is 18.2. The smallest absolute Gasteiger partial charge is 0.462 e. The Labute approximate surface area is 326 Å². The molecule has 11 nitrogen and oxygen atoms in total. The SMILES string of the molecule is CCCCC/C=C\C/C=C\C/C=C\CC1OC1CCCC(=O)O[C@H](COC(=O)CCCCCCC/C=C\CCCCCC)COP(=O)(O)OC[C@@H](O)CO. The van der Waals surface area contributed by atoms with Crippen molar-refractivity contribution in [1.82, 2.24) is 0 Å². The molecule has 5 atom stereocenters. The summed E-state index contributed by atoms with van der Waals surface area (Å²) in [6.45, 7) is 2.22. The fraction of sp³-hybridized carbons (Fsp3) is 0.762. The molecule has 1 saturated heterocycles. The number of aliphatic hydroxyl groups excluding tert-OH is 2. The number of phosphoric ester groups is 1. The van der Waals surface area contributed by atoms with Gasteiger partial charge in [-0.1, -0.05) is 114 Å². The lowest BCUT2D eigenvalue weighted by atomic mass is 10.1. The minimum atomic E-state index is -4.64. The predicted molar refractivity (Wildman–Crippen MR) is 214 cm³/mol. The van der Waals surface area contributed by atoms with Gasteiger partial charge in [0.25, 0.3) is 0 Å². The Hall–Kier alpha value is -2.11. The summed E-state index contributed by atoms with van der Waals surface area (Å²) in [6.07, 6.45) is 36.7. The Morgan fingerprint density at radius 2 is 1.20 bits per heavy atom. The van der Waals surface area contributed by atoms with Crippen LogP contribution in [0.25, 0.3) is 0 Å². The molecule has 3 unspecified atom stereocenters. The standard InChI is InChI=1S/C42H73O11P/c1-3-5-7-9-11-13-15-17-19-21-23-25-27-31-41(45)49-35-38(36-51-54(47,48)50-34-37(44)33-43)52-42(46)32-28-30-40-39(53-40)29-26-24-22-20-18-16-14-12-10-8-6-4-2/h12-15,18,20,24,26,37-40,43-44H,3-11,16-17,19,21-23,25,27-36H2,1-2H3,(H,47,48)/b14-12-,15-13-,20-18-,26-24-/t37-,38+,39?,40?/m0/s1. The summed E-state index contributed by atoms with van der Waals surface area (Å²) in [5, 5.41) is 18.3. The van der Waals surface area contributed by atoms with E-state index in [1.54, 1.807) is 0 Å². The highest BCUT2D eigenvalue weighted by Gasteiger charge is 2.37. The predicted octanol–water partition coefficient (Wildman–Crippen LogP) is 9.54. The van der Waals surface area contributed by atoms with Crippen LogP contribution in [0.15, 0.2) is 48.6 Å². The van der Waals surface area contributed by atoms with Gasteiger partial charge in [0.15, 0.2) is 6.10 Å². The van der Waals surface area contributed by atoms with Gasteiger partial charge in [0.2, 0.25) is 0 Å². The fourth-order valence-electron chi connectivity index (χ4n) is 5.54. The molecule has 0 radical (unpaired) electrons. The van der Waals surface area contributed by atoms with Crippen molar-refractivity contribution >= 4 is 19.8 Å². The summed E-state index contributed by atoms with van der Waals surface area (Å²) < 4.78 is 38.4. The average molecular weight is 785 g/mol. The van der Waals surface area contributed by atoms with E-state index in [0.29, 0.717) is 19.3 Å². The van der Waals surface area contributed by atoms with Crippen molar-refractivity contribution in [3.8, 4) is 0 Å². The van der Waals surface area contributed by atoms with Crippen LogP contribution in [-0.4, -0.2) is 77.9 Å². The number of ether oxygens (including phenoxy) is 3. The van der Waals surface area contributed by atoms with Gasteiger partial charge in [-0.2, -0.15) is 0 Å². The first-order chi connectivity index (χ1) is 26.2. The van der Waals surface area contributed by atoms with Crippen molar-refractivity contribution in [3.63, 3.8) is 0 Å². The summed E-state index contributed by atoms with van der Waals surface area (Å²) >= 11 is 0. The Morgan fingerprint density at radius 3 is 1.89 bits per heavy atom. The lowest BCUT2D eigenvalue weighted by molar-refractivity contribution is -0.161. The molecule has 0 aliphatic carbocycles.